The molecule has 0 aliphatic carbocycles. The third-order valence-electron chi connectivity index (χ3n) is 1.84. The summed E-state index contributed by atoms with van der Waals surface area (Å²) < 4.78 is 0. The Hall–Kier alpha value is -1.00. The highest BCUT2D eigenvalue weighted by Gasteiger charge is 2.04. The van der Waals surface area contributed by atoms with Gasteiger partial charge in [-0.15, -0.1) is 0 Å². The van der Waals surface area contributed by atoms with Crippen LogP contribution in [-0.4, -0.2) is 18.8 Å². The van der Waals surface area contributed by atoms with E-state index >= 15 is 0 Å². The Labute approximate surface area is 94.2 Å². The first-order valence-corrected chi connectivity index (χ1v) is 6.17. The van der Waals surface area contributed by atoms with Crippen molar-refractivity contribution in [2.75, 3.05) is 12.9 Å². The molecule has 0 radical (unpaired) electrons. The van der Waals surface area contributed by atoms with E-state index in [1.807, 2.05) is 19.1 Å². The van der Waals surface area contributed by atoms with Crippen molar-refractivity contribution in [3.63, 3.8) is 0 Å². The molecule has 0 saturated heterocycles. The molecule has 0 bridgehead atoms. The van der Waals surface area contributed by atoms with Gasteiger partial charge in [-0.25, -0.2) is 5.48 Å². The Bertz CT molecular complexity index is 311. The Kier molecular flexibility index (Phi) is 5.21. The van der Waals surface area contributed by atoms with Crippen LogP contribution in [0.1, 0.15) is 22.8 Å². The summed E-state index contributed by atoms with van der Waals surface area (Å²) in [4.78, 5) is 16.3. The van der Waals surface area contributed by atoms with Gasteiger partial charge in [0.15, 0.2) is 0 Å². The number of hydroxylamine groups is 1. The molecule has 0 unspecified atom stereocenters. The van der Waals surface area contributed by atoms with Crippen LogP contribution in [0, 0.1) is 0 Å². The van der Waals surface area contributed by atoms with E-state index in [0.717, 1.165) is 5.75 Å². The van der Waals surface area contributed by atoms with Crippen molar-refractivity contribution >= 4 is 17.7 Å². The molecule has 1 aromatic rings. The van der Waals surface area contributed by atoms with Gasteiger partial charge in [0.05, 0.1) is 6.61 Å². The number of hydrogen-bond acceptors (Lipinski definition) is 3. The maximum atomic E-state index is 11.4. The average molecular weight is 225 g/mol. The molecule has 4 heteroatoms. The van der Waals surface area contributed by atoms with Gasteiger partial charge < -0.3 is 0 Å². The number of rotatable bonds is 5. The number of amides is 1. The zero-order chi connectivity index (χ0) is 11.1. The van der Waals surface area contributed by atoms with Crippen molar-refractivity contribution < 1.29 is 9.63 Å². The predicted molar refractivity (Wildman–Crippen MR) is 62.8 cm³/mol. The topological polar surface area (TPSA) is 38.3 Å². The number of hydrogen-bond donors (Lipinski definition) is 1. The lowest BCUT2D eigenvalue weighted by Crippen LogP contribution is -2.23. The fourth-order valence-corrected chi connectivity index (χ4v) is 1.64. The SMILES string of the molecule is CCONC(=O)c1ccc(CSC)cc1. The van der Waals surface area contributed by atoms with Crippen molar-refractivity contribution in [1.82, 2.24) is 5.48 Å². The Morgan fingerprint density at radius 3 is 2.60 bits per heavy atom. The molecule has 0 saturated carbocycles. The quantitative estimate of drug-likeness (QED) is 0.781. The Morgan fingerprint density at radius 1 is 1.40 bits per heavy atom. The van der Waals surface area contributed by atoms with E-state index in [4.69, 9.17) is 4.84 Å². The molecule has 0 spiro atoms. The summed E-state index contributed by atoms with van der Waals surface area (Å²) in [6.07, 6.45) is 2.05. The molecule has 1 N–H and O–H groups in total. The van der Waals surface area contributed by atoms with Crippen LogP contribution in [0.15, 0.2) is 24.3 Å². The fraction of sp³-hybridized carbons (Fsp3) is 0.364. The molecule has 0 aliphatic heterocycles. The molecule has 82 valence electrons. The van der Waals surface area contributed by atoms with E-state index in [1.165, 1.54) is 5.56 Å². The van der Waals surface area contributed by atoms with Crippen LogP contribution in [0.25, 0.3) is 0 Å². The largest absolute Gasteiger partial charge is 0.274 e. The third kappa shape index (κ3) is 3.93. The standard InChI is InChI=1S/C11H15NO2S/c1-3-14-12-11(13)10-6-4-9(5-7-10)8-15-2/h4-7H,3,8H2,1-2H3,(H,12,13). The van der Waals surface area contributed by atoms with Crippen LogP contribution in [-0.2, 0) is 10.6 Å². The minimum atomic E-state index is -0.201. The fourth-order valence-electron chi connectivity index (χ4n) is 1.12. The smallest absolute Gasteiger partial charge is 0.274 e. The van der Waals surface area contributed by atoms with Gasteiger partial charge in [0.25, 0.3) is 5.91 Å². The first-order chi connectivity index (χ1) is 7.27. The first kappa shape index (κ1) is 12.1. The average Bonchev–Trinajstić information content (AvgIpc) is 2.27. The Morgan fingerprint density at radius 2 is 2.07 bits per heavy atom. The highest BCUT2D eigenvalue weighted by molar-refractivity contribution is 7.97. The molecule has 0 atom stereocenters. The molecular weight excluding hydrogens is 210 g/mol. The van der Waals surface area contributed by atoms with E-state index in [1.54, 1.807) is 23.9 Å². The minimum absolute atomic E-state index is 0.201. The lowest BCUT2D eigenvalue weighted by atomic mass is 10.1. The molecule has 0 aromatic heterocycles. The van der Waals surface area contributed by atoms with Crippen molar-refractivity contribution in [2.24, 2.45) is 0 Å². The summed E-state index contributed by atoms with van der Waals surface area (Å²) in [5.74, 6) is 0.764. The minimum Gasteiger partial charge on any atom is -0.274 e. The van der Waals surface area contributed by atoms with E-state index < -0.39 is 0 Å². The van der Waals surface area contributed by atoms with Gasteiger partial charge in [-0.2, -0.15) is 11.8 Å². The first-order valence-electron chi connectivity index (χ1n) is 4.78. The molecule has 0 heterocycles. The number of nitrogens with one attached hydrogen (secondary N) is 1. The maximum absolute atomic E-state index is 11.4. The second-order valence-corrected chi connectivity index (χ2v) is 3.86. The normalized spacial score (nSPS) is 10.0. The zero-order valence-corrected chi connectivity index (χ0v) is 9.76. The second kappa shape index (κ2) is 6.48. The van der Waals surface area contributed by atoms with Crippen molar-refractivity contribution in [3.05, 3.63) is 35.4 Å². The second-order valence-electron chi connectivity index (χ2n) is 2.99. The highest BCUT2D eigenvalue weighted by atomic mass is 32.2. The predicted octanol–water partition coefficient (Wildman–Crippen LogP) is 2.23. The van der Waals surface area contributed by atoms with Crippen LogP contribution < -0.4 is 5.48 Å². The molecule has 1 amide bonds. The van der Waals surface area contributed by atoms with Crippen molar-refractivity contribution in [1.29, 1.82) is 0 Å². The van der Waals surface area contributed by atoms with Crippen LogP contribution in [0.4, 0.5) is 0 Å². The van der Waals surface area contributed by atoms with Crippen LogP contribution in [0.2, 0.25) is 0 Å². The number of benzene rings is 1. The van der Waals surface area contributed by atoms with E-state index in [-0.39, 0.29) is 5.91 Å². The summed E-state index contributed by atoms with van der Waals surface area (Å²) in [5.41, 5.74) is 4.19. The van der Waals surface area contributed by atoms with Crippen LogP contribution in [0.5, 0.6) is 0 Å². The summed E-state index contributed by atoms with van der Waals surface area (Å²) in [6.45, 7) is 2.29. The monoisotopic (exact) mass is 225 g/mol. The molecule has 1 aromatic carbocycles. The Balaban J connectivity index is 2.58. The van der Waals surface area contributed by atoms with E-state index in [2.05, 4.69) is 11.7 Å². The van der Waals surface area contributed by atoms with Crippen LogP contribution >= 0.6 is 11.8 Å². The van der Waals surface area contributed by atoms with Crippen molar-refractivity contribution in [3.8, 4) is 0 Å². The summed E-state index contributed by atoms with van der Waals surface area (Å²) in [5, 5.41) is 0. The highest BCUT2D eigenvalue weighted by Crippen LogP contribution is 2.10. The van der Waals surface area contributed by atoms with E-state index in [0.29, 0.717) is 12.2 Å². The summed E-state index contributed by atoms with van der Waals surface area (Å²) in [7, 11) is 0. The number of carbonyl (C=O) groups is 1. The molecule has 0 fully saturated rings. The van der Waals surface area contributed by atoms with Gasteiger partial charge in [-0.1, -0.05) is 12.1 Å². The van der Waals surface area contributed by atoms with Gasteiger partial charge >= 0.3 is 0 Å². The van der Waals surface area contributed by atoms with Gasteiger partial charge in [-0.3, -0.25) is 9.63 Å². The number of thioether (sulfide) groups is 1. The third-order valence-corrected chi connectivity index (χ3v) is 2.46. The van der Waals surface area contributed by atoms with Gasteiger partial charge in [-0.05, 0) is 30.9 Å². The molecule has 3 nitrogen and oxygen atoms in total. The van der Waals surface area contributed by atoms with Gasteiger partial charge in [0.1, 0.15) is 0 Å². The van der Waals surface area contributed by atoms with Crippen molar-refractivity contribution in [2.45, 2.75) is 12.7 Å². The lowest BCUT2D eigenvalue weighted by molar-refractivity contribution is 0.0364. The van der Waals surface area contributed by atoms with Gasteiger partial charge in [0.2, 0.25) is 0 Å². The molecule has 15 heavy (non-hydrogen) atoms. The lowest BCUT2D eigenvalue weighted by Gasteiger charge is -2.04. The maximum Gasteiger partial charge on any atom is 0.274 e. The van der Waals surface area contributed by atoms with Crippen LogP contribution in [0.3, 0.4) is 0 Å². The van der Waals surface area contributed by atoms with E-state index in [9.17, 15) is 4.79 Å². The summed E-state index contributed by atoms with van der Waals surface area (Å²) in [6, 6.07) is 7.52. The van der Waals surface area contributed by atoms with Gasteiger partial charge in [0, 0.05) is 11.3 Å². The molecular formula is C11H15NO2S. The number of carbonyl (C=O) groups excluding carboxylic acids is 1. The molecule has 1 rings (SSSR count). The summed E-state index contributed by atoms with van der Waals surface area (Å²) >= 11 is 1.76. The molecule has 0 aliphatic rings. The zero-order valence-electron chi connectivity index (χ0n) is 8.95.